The quantitative estimate of drug-likeness (QED) is 0.652. The van der Waals surface area contributed by atoms with Crippen molar-refractivity contribution in [2.24, 2.45) is 0 Å². The lowest BCUT2D eigenvalue weighted by Crippen LogP contribution is -2.47. The molecule has 1 saturated heterocycles. The van der Waals surface area contributed by atoms with Crippen LogP contribution in [0.25, 0.3) is 5.57 Å². The summed E-state index contributed by atoms with van der Waals surface area (Å²) in [5.74, 6) is 0.331. The molecule has 0 radical (unpaired) electrons. The van der Waals surface area contributed by atoms with Crippen molar-refractivity contribution in [2.45, 2.75) is 39.4 Å². The summed E-state index contributed by atoms with van der Waals surface area (Å²) in [5.41, 5.74) is 3.92. The topological polar surface area (TPSA) is 59.1 Å². The van der Waals surface area contributed by atoms with Crippen LogP contribution in [0.5, 0.6) is 5.75 Å². The number of morpholine rings is 1. The van der Waals surface area contributed by atoms with Crippen molar-refractivity contribution in [1.29, 1.82) is 0 Å². The third-order valence-electron chi connectivity index (χ3n) is 6.00. The Morgan fingerprint density at radius 1 is 0.938 bits per heavy atom. The molecule has 0 bridgehead atoms. The Morgan fingerprint density at radius 2 is 1.56 bits per heavy atom. The summed E-state index contributed by atoms with van der Waals surface area (Å²) >= 11 is 0. The predicted octanol–water partition coefficient (Wildman–Crippen LogP) is 3.44. The number of benzene rings is 2. The van der Waals surface area contributed by atoms with Crippen molar-refractivity contribution in [3.8, 4) is 5.75 Å². The number of carbonyl (C=O) groups is 2. The van der Waals surface area contributed by atoms with E-state index in [-0.39, 0.29) is 24.0 Å². The fourth-order valence-electron chi connectivity index (χ4n) is 4.43. The number of rotatable bonds is 6. The third kappa shape index (κ3) is 4.41. The first kappa shape index (κ1) is 22.1. The van der Waals surface area contributed by atoms with Gasteiger partial charge in [-0.1, -0.05) is 42.0 Å². The minimum Gasteiger partial charge on any atom is -0.497 e. The van der Waals surface area contributed by atoms with Gasteiger partial charge in [-0.15, -0.1) is 0 Å². The van der Waals surface area contributed by atoms with Gasteiger partial charge < -0.3 is 14.4 Å². The van der Waals surface area contributed by atoms with Gasteiger partial charge in [-0.3, -0.25) is 14.5 Å². The van der Waals surface area contributed by atoms with Crippen molar-refractivity contribution in [1.82, 2.24) is 9.80 Å². The van der Waals surface area contributed by atoms with E-state index in [0.717, 1.165) is 22.4 Å². The SMILES string of the molecule is COc1ccc(CCN2C(=O)C(c3ccc(C)cc3)=C(N3CC(C)OC(C)C3)C2=O)cc1. The summed E-state index contributed by atoms with van der Waals surface area (Å²) in [5, 5.41) is 0. The molecule has 0 aliphatic carbocycles. The summed E-state index contributed by atoms with van der Waals surface area (Å²) in [6.07, 6.45) is 0.565. The molecule has 4 rings (SSSR count). The average molecular weight is 435 g/mol. The highest BCUT2D eigenvalue weighted by atomic mass is 16.5. The molecule has 168 valence electrons. The number of hydrogen-bond donors (Lipinski definition) is 0. The fraction of sp³-hybridized carbons (Fsp3) is 0.385. The molecule has 2 heterocycles. The molecule has 2 aliphatic heterocycles. The van der Waals surface area contributed by atoms with E-state index in [0.29, 0.717) is 37.3 Å². The van der Waals surface area contributed by atoms with Crippen LogP contribution in [0.15, 0.2) is 54.2 Å². The van der Waals surface area contributed by atoms with Crippen LogP contribution >= 0.6 is 0 Å². The summed E-state index contributed by atoms with van der Waals surface area (Å²) in [4.78, 5) is 30.5. The van der Waals surface area contributed by atoms with Gasteiger partial charge in [0.2, 0.25) is 0 Å². The molecule has 6 nitrogen and oxygen atoms in total. The highest BCUT2D eigenvalue weighted by Crippen LogP contribution is 2.33. The largest absolute Gasteiger partial charge is 0.497 e. The Bertz CT molecular complexity index is 1020. The van der Waals surface area contributed by atoms with E-state index in [4.69, 9.17) is 9.47 Å². The molecular weight excluding hydrogens is 404 g/mol. The Hall–Kier alpha value is -3.12. The van der Waals surface area contributed by atoms with Crippen molar-refractivity contribution in [3.63, 3.8) is 0 Å². The van der Waals surface area contributed by atoms with E-state index in [1.807, 2.05) is 74.2 Å². The van der Waals surface area contributed by atoms with Crippen molar-refractivity contribution < 1.29 is 19.1 Å². The van der Waals surface area contributed by atoms with Crippen LogP contribution in [0.1, 0.15) is 30.5 Å². The predicted molar refractivity (Wildman–Crippen MR) is 123 cm³/mol. The van der Waals surface area contributed by atoms with E-state index in [9.17, 15) is 9.59 Å². The van der Waals surface area contributed by atoms with Crippen LogP contribution in [-0.2, 0) is 20.7 Å². The zero-order chi connectivity index (χ0) is 22.8. The summed E-state index contributed by atoms with van der Waals surface area (Å²) < 4.78 is 11.1. The molecule has 2 unspecified atom stereocenters. The number of carbonyl (C=O) groups excluding carboxylic acids is 2. The van der Waals surface area contributed by atoms with Crippen LogP contribution in [-0.4, -0.2) is 60.6 Å². The molecule has 0 aromatic heterocycles. The highest BCUT2D eigenvalue weighted by molar-refractivity contribution is 6.35. The van der Waals surface area contributed by atoms with E-state index >= 15 is 0 Å². The standard InChI is InChI=1S/C26H30N2O4/c1-17-5-9-21(10-6-17)23-24(27-15-18(2)32-19(3)16-27)26(30)28(25(23)29)14-13-20-7-11-22(31-4)12-8-20/h5-12,18-19H,13-16H2,1-4H3. The molecule has 0 N–H and O–H groups in total. The van der Waals surface area contributed by atoms with Crippen LogP contribution in [0.4, 0.5) is 0 Å². The van der Waals surface area contributed by atoms with E-state index in [1.54, 1.807) is 7.11 Å². The summed E-state index contributed by atoms with van der Waals surface area (Å²) in [6.45, 7) is 7.50. The molecule has 1 fully saturated rings. The van der Waals surface area contributed by atoms with Gasteiger partial charge >= 0.3 is 0 Å². The number of imide groups is 1. The van der Waals surface area contributed by atoms with Gasteiger partial charge in [0.25, 0.3) is 11.8 Å². The second kappa shape index (κ2) is 9.17. The van der Waals surface area contributed by atoms with Crippen LogP contribution in [0.2, 0.25) is 0 Å². The number of aryl methyl sites for hydroxylation is 1. The lowest BCUT2D eigenvalue weighted by atomic mass is 10.0. The number of hydrogen-bond acceptors (Lipinski definition) is 5. The second-order valence-corrected chi connectivity index (χ2v) is 8.61. The Kier molecular flexibility index (Phi) is 6.33. The van der Waals surface area contributed by atoms with Gasteiger partial charge in [-0.2, -0.15) is 0 Å². The molecule has 2 amide bonds. The molecule has 6 heteroatoms. The molecule has 2 aromatic rings. The van der Waals surface area contributed by atoms with Crippen LogP contribution in [0.3, 0.4) is 0 Å². The third-order valence-corrected chi connectivity index (χ3v) is 6.00. The van der Waals surface area contributed by atoms with Gasteiger partial charge in [0, 0.05) is 19.6 Å². The second-order valence-electron chi connectivity index (χ2n) is 8.61. The van der Waals surface area contributed by atoms with Crippen molar-refractivity contribution in [3.05, 3.63) is 70.9 Å². The molecule has 0 saturated carbocycles. The van der Waals surface area contributed by atoms with Gasteiger partial charge in [-0.25, -0.2) is 0 Å². The maximum absolute atomic E-state index is 13.5. The zero-order valence-corrected chi connectivity index (χ0v) is 19.1. The molecule has 32 heavy (non-hydrogen) atoms. The van der Waals surface area contributed by atoms with Crippen LogP contribution in [0, 0.1) is 6.92 Å². The molecule has 2 aliphatic rings. The van der Waals surface area contributed by atoms with Gasteiger partial charge in [0.1, 0.15) is 11.4 Å². The lowest BCUT2D eigenvalue weighted by Gasteiger charge is -2.37. The lowest BCUT2D eigenvalue weighted by molar-refractivity contribution is -0.138. The first-order valence-electron chi connectivity index (χ1n) is 11.1. The molecule has 2 aromatic carbocycles. The average Bonchev–Trinajstić information content (AvgIpc) is 3.02. The Balaban J connectivity index is 1.63. The number of nitrogens with zero attached hydrogens (tertiary/aromatic N) is 2. The van der Waals surface area contributed by atoms with E-state index in [2.05, 4.69) is 0 Å². The number of ether oxygens (including phenoxy) is 2. The number of methoxy groups -OCH3 is 1. The normalized spacial score (nSPS) is 21.5. The molecule has 2 atom stereocenters. The van der Waals surface area contributed by atoms with Crippen molar-refractivity contribution in [2.75, 3.05) is 26.7 Å². The summed E-state index contributed by atoms with van der Waals surface area (Å²) in [6, 6.07) is 15.5. The minimum absolute atomic E-state index is 0.0123. The molecule has 0 spiro atoms. The maximum Gasteiger partial charge on any atom is 0.277 e. The number of amides is 2. The fourth-order valence-corrected chi connectivity index (χ4v) is 4.43. The Morgan fingerprint density at radius 3 is 2.16 bits per heavy atom. The maximum atomic E-state index is 13.5. The first-order valence-corrected chi connectivity index (χ1v) is 11.1. The zero-order valence-electron chi connectivity index (χ0n) is 19.1. The summed E-state index contributed by atoms with van der Waals surface area (Å²) in [7, 11) is 1.63. The monoisotopic (exact) mass is 434 g/mol. The minimum atomic E-state index is -0.228. The van der Waals surface area contributed by atoms with Gasteiger partial charge in [-0.05, 0) is 50.5 Å². The smallest absolute Gasteiger partial charge is 0.277 e. The van der Waals surface area contributed by atoms with Gasteiger partial charge in [0.15, 0.2) is 0 Å². The highest BCUT2D eigenvalue weighted by Gasteiger charge is 2.42. The van der Waals surface area contributed by atoms with E-state index < -0.39 is 0 Å². The van der Waals surface area contributed by atoms with E-state index in [1.165, 1.54) is 4.90 Å². The molecular formula is C26H30N2O4. The van der Waals surface area contributed by atoms with Gasteiger partial charge in [0.05, 0.1) is 24.9 Å². The first-order chi connectivity index (χ1) is 15.4. The van der Waals surface area contributed by atoms with Crippen LogP contribution < -0.4 is 4.74 Å². The Labute approximate surface area is 189 Å². The van der Waals surface area contributed by atoms with Crippen molar-refractivity contribution >= 4 is 17.4 Å².